The van der Waals surface area contributed by atoms with E-state index in [1.165, 1.54) is 11.6 Å². The first-order valence-corrected chi connectivity index (χ1v) is 8.13. The molecule has 0 N–H and O–H groups in total. The molecular formula is C21H18N2O3. The van der Waals surface area contributed by atoms with E-state index in [2.05, 4.69) is 0 Å². The fourth-order valence-electron chi connectivity index (χ4n) is 2.11. The molecule has 0 heterocycles. The quantitative estimate of drug-likeness (QED) is 0.325. The lowest BCUT2D eigenvalue weighted by atomic mass is 10.1. The third-order valence-electron chi connectivity index (χ3n) is 3.48. The minimum absolute atomic E-state index is 0.0170. The van der Waals surface area contributed by atoms with Crippen molar-refractivity contribution >= 4 is 12.0 Å². The lowest BCUT2D eigenvalue weighted by Crippen LogP contribution is -2.09. The molecule has 0 aliphatic heterocycles. The van der Waals surface area contributed by atoms with Crippen molar-refractivity contribution in [1.29, 1.82) is 10.5 Å². The van der Waals surface area contributed by atoms with E-state index in [1.54, 1.807) is 36.4 Å². The molecule has 0 saturated heterocycles. The number of hydrogen-bond donors (Lipinski definition) is 0. The highest BCUT2D eigenvalue weighted by Crippen LogP contribution is 2.16. The zero-order valence-corrected chi connectivity index (χ0v) is 14.4. The van der Waals surface area contributed by atoms with E-state index in [0.717, 1.165) is 5.75 Å². The van der Waals surface area contributed by atoms with Gasteiger partial charge in [-0.2, -0.15) is 10.5 Å². The molecule has 26 heavy (non-hydrogen) atoms. The van der Waals surface area contributed by atoms with E-state index in [0.29, 0.717) is 24.3 Å². The maximum Gasteiger partial charge on any atom is 0.311 e. The summed E-state index contributed by atoms with van der Waals surface area (Å²) in [6.07, 6.45) is 2.27. The molecule has 0 amide bonds. The molecule has 0 aliphatic rings. The van der Waals surface area contributed by atoms with E-state index >= 15 is 0 Å². The van der Waals surface area contributed by atoms with Crippen LogP contribution >= 0.6 is 0 Å². The number of hydrogen-bond acceptors (Lipinski definition) is 5. The Bertz CT molecular complexity index is 838. The van der Waals surface area contributed by atoms with Gasteiger partial charge in [0.05, 0.1) is 6.61 Å². The summed E-state index contributed by atoms with van der Waals surface area (Å²) in [5, 5.41) is 17.5. The predicted octanol–water partition coefficient (Wildman–Crippen LogP) is 4.19. The van der Waals surface area contributed by atoms with Gasteiger partial charge in [0.2, 0.25) is 0 Å². The van der Waals surface area contributed by atoms with Crippen molar-refractivity contribution in [2.75, 3.05) is 6.61 Å². The maximum atomic E-state index is 11.8. The Balaban J connectivity index is 1.75. The second kappa shape index (κ2) is 9.66. The Labute approximate surface area is 152 Å². The summed E-state index contributed by atoms with van der Waals surface area (Å²) in [5.74, 6) is 0.860. The van der Waals surface area contributed by atoms with E-state index < -0.39 is 0 Å². The Morgan fingerprint density at radius 2 is 1.62 bits per heavy atom. The Kier molecular flexibility index (Phi) is 6.97. The monoisotopic (exact) mass is 346 g/mol. The number of carbonyl (C=O) groups is 1. The minimum atomic E-state index is -0.337. The Morgan fingerprint density at radius 1 is 1.00 bits per heavy atom. The summed E-state index contributed by atoms with van der Waals surface area (Å²) in [4.78, 5) is 11.8. The molecule has 0 radical (unpaired) electrons. The molecule has 2 rings (SSSR count). The van der Waals surface area contributed by atoms with Crippen molar-refractivity contribution in [2.24, 2.45) is 0 Å². The molecule has 0 spiro atoms. The van der Waals surface area contributed by atoms with Gasteiger partial charge in [-0.1, -0.05) is 29.8 Å². The van der Waals surface area contributed by atoms with Crippen molar-refractivity contribution in [3.05, 3.63) is 65.2 Å². The van der Waals surface area contributed by atoms with E-state index in [4.69, 9.17) is 20.0 Å². The summed E-state index contributed by atoms with van der Waals surface area (Å²) < 4.78 is 10.8. The molecule has 2 aromatic carbocycles. The first kappa shape index (κ1) is 18.8. The molecular weight excluding hydrogens is 328 g/mol. The van der Waals surface area contributed by atoms with Gasteiger partial charge < -0.3 is 9.47 Å². The van der Waals surface area contributed by atoms with Crippen molar-refractivity contribution in [3.8, 4) is 23.6 Å². The molecule has 5 heteroatoms. The lowest BCUT2D eigenvalue weighted by molar-refractivity contribution is -0.134. The number of nitrogens with zero attached hydrogens (tertiary/aromatic N) is 2. The summed E-state index contributed by atoms with van der Waals surface area (Å²) >= 11 is 0. The standard InChI is InChI=1S/C21H18N2O3/c1-16-4-8-19(9-5-16)25-12-2-3-21(24)26-20-10-6-17(7-11-20)13-18(14-22)15-23/h4-11,13H,2-3,12H2,1H3. The zero-order valence-electron chi connectivity index (χ0n) is 14.4. The minimum Gasteiger partial charge on any atom is -0.494 e. The Morgan fingerprint density at radius 3 is 2.23 bits per heavy atom. The lowest BCUT2D eigenvalue weighted by Gasteiger charge is -2.07. The van der Waals surface area contributed by atoms with Gasteiger partial charge in [-0.05, 0) is 49.2 Å². The van der Waals surface area contributed by atoms with Crippen LogP contribution in [0.4, 0.5) is 0 Å². The van der Waals surface area contributed by atoms with Gasteiger partial charge >= 0.3 is 5.97 Å². The van der Waals surface area contributed by atoms with Gasteiger partial charge in [-0.15, -0.1) is 0 Å². The van der Waals surface area contributed by atoms with Gasteiger partial charge in [-0.3, -0.25) is 4.79 Å². The van der Waals surface area contributed by atoms with Gasteiger partial charge in [0, 0.05) is 6.42 Å². The molecule has 0 atom stereocenters. The fourth-order valence-corrected chi connectivity index (χ4v) is 2.11. The molecule has 5 nitrogen and oxygen atoms in total. The van der Waals surface area contributed by atoms with Gasteiger partial charge in [-0.25, -0.2) is 0 Å². The van der Waals surface area contributed by atoms with Crippen LogP contribution in [0.3, 0.4) is 0 Å². The molecule has 0 aromatic heterocycles. The average Bonchev–Trinajstić information content (AvgIpc) is 2.66. The number of aryl methyl sites for hydroxylation is 1. The van der Waals surface area contributed by atoms with Crippen LogP contribution < -0.4 is 9.47 Å². The first-order valence-electron chi connectivity index (χ1n) is 8.13. The van der Waals surface area contributed by atoms with Crippen LogP contribution in [-0.4, -0.2) is 12.6 Å². The molecule has 0 bridgehead atoms. The smallest absolute Gasteiger partial charge is 0.311 e. The predicted molar refractivity (Wildman–Crippen MR) is 97.2 cm³/mol. The van der Waals surface area contributed by atoms with Gasteiger partial charge in [0.1, 0.15) is 29.2 Å². The normalized spacial score (nSPS) is 9.50. The molecule has 2 aromatic rings. The second-order valence-corrected chi connectivity index (χ2v) is 5.59. The third kappa shape index (κ3) is 6.14. The molecule has 0 unspecified atom stereocenters. The van der Waals surface area contributed by atoms with Crippen molar-refractivity contribution in [2.45, 2.75) is 19.8 Å². The molecule has 130 valence electrons. The van der Waals surface area contributed by atoms with Crippen LogP contribution in [0.25, 0.3) is 6.08 Å². The summed E-state index contributed by atoms with van der Waals surface area (Å²) in [5.41, 5.74) is 1.87. The van der Waals surface area contributed by atoms with Crippen molar-refractivity contribution in [3.63, 3.8) is 0 Å². The highest BCUT2D eigenvalue weighted by atomic mass is 16.5. The highest BCUT2D eigenvalue weighted by molar-refractivity contribution is 5.72. The van der Waals surface area contributed by atoms with Gasteiger partial charge in [0.15, 0.2) is 0 Å². The summed E-state index contributed by atoms with van der Waals surface area (Å²) in [6.45, 7) is 2.45. The highest BCUT2D eigenvalue weighted by Gasteiger charge is 2.05. The largest absolute Gasteiger partial charge is 0.494 e. The van der Waals surface area contributed by atoms with Crippen LogP contribution in [-0.2, 0) is 4.79 Å². The topological polar surface area (TPSA) is 83.1 Å². The number of ether oxygens (including phenoxy) is 2. The number of allylic oxidation sites excluding steroid dienone is 1. The first-order chi connectivity index (χ1) is 12.6. The van der Waals surface area contributed by atoms with Crippen molar-refractivity contribution in [1.82, 2.24) is 0 Å². The molecule has 0 fully saturated rings. The van der Waals surface area contributed by atoms with Crippen molar-refractivity contribution < 1.29 is 14.3 Å². The fraction of sp³-hybridized carbons (Fsp3) is 0.190. The van der Waals surface area contributed by atoms with Crippen LogP contribution in [0.2, 0.25) is 0 Å². The number of esters is 1. The van der Waals surface area contributed by atoms with E-state index in [-0.39, 0.29) is 18.0 Å². The van der Waals surface area contributed by atoms with E-state index in [9.17, 15) is 4.79 Å². The zero-order chi connectivity index (χ0) is 18.8. The summed E-state index contributed by atoms with van der Waals surface area (Å²) in [7, 11) is 0. The molecule has 0 saturated carbocycles. The average molecular weight is 346 g/mol. The Hall–Kier alpha value is -3.57. The van der Waals surface area contributed by atoms with E-state index in [1.807, 2.05) is 31.2 Å². The number of nitriles is 2. The SMILES string of the molecule is Cc1ccc(OCCCC(=O)Oc2ccc(C=C(C#N)C#N)cc2)cc1. The van der Waals surface area contributed by atoms with Crippen LogP contribution in [0.1, 0.15) is 24.0 Å². The summed E-state index contributed by atoms with van der Waals surface area (Å²) in [6, 6.07) is 17.9. The van der Waals surface area contributed by atoms with Crippen LogP contribution in [0, 0.1) is 29.6 Å². The second-order valence-electron chi connectivity index (χ2n) is 5.59. The number of benzene rings is 2. The molecule has 0 aliphatic carbocycles. The van der Waals surface area contributed by atoms with Crippen LogP contribution in [0.5, 0.6) is 11.5 Å². The number of rotatable bonds is 7. The third-order valence-corrected chi connectivity index (χ3v) is 3.48. The van der Waals surface area contributed by atoms with Gasteiger partial charge in [0.25, 0.3) is 0 Å². The van der Waals surface area contributed by atoms with Crippen LogP contribution in [0.15, 0.2) is 54.1 Å². The maximum absolute atomic E-state index is 11.8. The number of carbonyl (C=O) groups excluding carboxylic acids is 1.